The van der Waals surface area contributed by atoms with Crippen LogP contribution in [0.5, 0.6) is 23.0 Å². The number of ether oxygens (including phenoxy) is 5. The lowest BCUT2D eigenvalue weighted by Crippen LogP contribution is -2.35. The molecular weight excluding hydrogens is 527 g/mol. The van der Waals surface area contributed by atoms with Crippen molar-refractivity contribution in [3.8, 4) is 29.1 Å². The van der Waals surface area contributed by atoms with Crippen molar-refractivity contribution in [1.29, 1.82) is 5.26 Å². The van der Waals surface area contributed by atoms with Crippen molar-refractivity contribution < 1.29 is 32.9 Å². The number of carbonyl (C=O) groups is 1. The van der Waals surface area contributed by atoms with Gasteiger partial charge in [-0.25, -0.2) is 4.39 Å². The van der Waals surface area contributed by atoms with E-state index >= 15 is 4.39 Å². The first-order valence-electron chi connectivity index (χ1n) is 13.8. The highest BCUT2D eigenvalue weighted by atomic mass is 19.1. The topological polar surface area (TPSA) is 90.2 Å². The molecule has 41 heavy (non-hydrogen) atoms. The van der Waals surface area contributed by atoms with Crippen molar-refractivity contribution in [2.75, 3.05) is 40.0 Å². The fourth-order valence-electron chi connectivity index (χ4n) is 5.79. The summed E-state index contributed by atoms with van der Waals surface area (Å²) in [6, 6.07) is 16.4. The van der Waals surface area contributed by atoms with Gasteiger partial charge in [-0.3, -0.25) is 9.69 Å². The fraction of sp³-hybridized carbons (Fsp3) is 0.375. The van der Waals surface area contributed by atoms with Crippen LogP contribution in [-0.4, -0.2) is 50.9 Å². The maximum Gasteiger partial charge on any atom is 0.306 e. The van der Waals surface area contributed by atoms with Gasteiger partial charge in [-0.15, -0.1) is 0 Å². The van der Waals surface area contributed by atoms with Crippen molar-refractivity contribution in [3.05, 3.63) is 82.2 Å². The van der Waals surface area contributed by atoms with Gasteiger partial charge in [0.1, 0.15) is 41.0 Å². The molecule has 0 amide bonds. The molecule has 2 atom stereocenters. The Balaban J connectivity index is 1.18. The zero-order valence-electron chi connectivity index (χ0n) is 22.9. The van der Waals surface area contributed by atoms with Gasteiger partial charge in [0.2, 0.25) is 0 Å². The van der Waals surface area contributed by atoms with Gasteiger partial charge in [0.25, 0.3) is 0 Å². The second kappa shape index (κ2) is 11.8. The van der Waals surface area contributed by atoms with Crippen molar-refractivity contribution >= 4 is 5.97 Å². The molecule has 2 aliphatic heterocycles. The van der Waals surface area contributed by atoms with E-state index in [1.807, 2.05) is 30.3 Å². The minimum atomic E-state index is -0.495. The number of carbonyl (C=O) groups excluding carboxylic acids is 1. The quantitative estimate of drug-likeness (QED) is 0.338. The van der Waals surface area contributed by atoms with Crippen LogP contribution in [0.25, 0.3) is 0 Å². The van der Waals surface area contributed by atoms with Gasteiger partial charge in [-0.1, -0.05) is 12.1 Å². The predicted molar refractivity (Wildman–Crippen MR) is 147 cm³/mol. The van der Waals surface area contributed by atoms with Gasteiger partial charge in [-0.05, 0) is 48.7 Å². The fourth-order valence-corrected chi connectivity index (χ4v) is 5.79. The van der Waals surface area contributed by atoms with E-state index in [9.17, 15) is 10.1 Å². The number of morpholine rings is 1. The summed E-state index contributed by atoms with van der Waals surface area (Å²) >= 11 is 0. The molecule has 0 saturated carbocycles. The molecule has 0 unspecified atom stereocenters. The third kappa shape index (κ3) is 5.71. The van der Waals surface area contributed by atoms with E-state index in [4.69, 9.17) is 23.7 Å². The minimum Gasteiger partial charge on any atom is -0.492 e. The van der Waals surface area contributed by atoms with Gasteiger partial charge < -0.3 is 23.7 Å². The lowest BCUT2D eigenvalue weighted by molar-refractivity contribution is -0.141. The summed E-state index contributed by atoms with van der Waals surface area (Å²) in [5.74, 6) is 1.48. The highest BCUT2D eigenvalue weighted by molar-refractivity contribution is 5.71. The summed E-state index contributed by atoms with van der Waals surface area (Å²) in [5, 5.41) is 9.83. The number of hydrogen-bond acceptors (Lipinski definition) is 8. The Kier molecular flexibility index (Phi) is 7.77. The van der Waals surface area contributed by atoms with Crippen molar-refractivity contribution in [2.45, 2.75) is 37.8 Å². The van der Waals surface area contributed by atoms with Gasteiger partial charge in [0.05, 0.1) is 38.9 Å². The summed E-state index contributed by atoms with van der Waals surface area (Å²) < 4.78 is 43.6. The Bertz CT molecular complexity index is 1500. The maximum absolute atomic E-state index is 15.1. The average Bonchev–Trinajstić information content (AvgIpc) is 3.60. The van der Waals surface area contributed by atoms with E-state index in [0.717, 1.165) is 36.3 Å². The molecule has 1 saturated heterocycles. The first-order valence-corrected chi connectivity index (χ1v) is 13.8. The monoisotopic (exact) mass is 558 g/mol. The van der Waals surface area contributed by atoms with Gasteiger partial charge in [-0.2, -0.15) is 5.26 Å². The molecule has 0 aromatic heterocycles. The lowest BCUT2D eigenvalue weighted by atomic mass is 9.98. The SMILES string of the molecule is COC(=O)C[C@@H]1COc2cc(O[C@@H]3CCc4c(Oc5ccc(CN6CCOCC6)cc5C#N)ccc(F)c43)ccc21. The Morgan fingerprint density at radius 2 is 1.95 bits per heavy atom. The Morgan fingerprint density at radius 3 is 2.76 bits per heavy atom. The van der Waals surface area contributed by atoms with Crippen LogP contribution in [0.2, 0.25) is 0 Å². The van der Waals surface area contributed by atoms with E-state index in [-0.39, 0.29) is 24.1 Å². The number of hydrogen-bond donors (Lipinski definition) is 0. The maximum atomic E-state index is 15.1. The Labute approximate surface area is 238 Å². The molecule has 0 N–H and O–H groups in total. The van der Waals surface area contributed by atoms with Crippen LogP contribution in [0, 0.1) is 17.1 Å². The number of fused-ring (bicyclic) bond motifs is 2. The molecule has 1 aliphatic carbocycles. The summed E-state index contributed by atoms with van der Waals surface area (Å²) in [7, 11) is 1.37. The van der Waals surface area contributed by atoms with E-state index in [0.29, 0.717) is 66.8 Å². The average molecular weight is 559 g/mol. The second-order valence-corrected chi connectivity index (χ2v) is 10.5. The van der Waals surface area contributed by atoms with E-state index in [1.165, 1.54) is 13.2 Å². The smallest absolute Gasteiger partial charge is 0.306 e. The molecule has 3 aromatic rings. The van der Waals surface area contributed by atoms with Crippen LogP contribution in [0.15, 0.2) is 48.5 Å². The molecule has 2 heterocycles. The number of nitriles is 1. The molecule has 0 spiro atoms. The molecule has 3 aromatic carbocycles. The highest BCUT2D eigenvalue weighted by Crippen LogP contribution is 2.44. The number of rotatable bonds is 8. The van der Waals surface area contributed by atoms with Crippen LogP contribution in [0.1, 0.15) is 52.7 Å². The standard InChI is InChI=1S/C32H31FN2O6/c1-37-31(36)15-22-19-39-30-16-23(3-4-24(22)30)40-29-8-5-25-28(9-6-26(33)32(25)29)41-27-7-2-20(14-21(27)17-34)18-35-10-12-38-13-11-35/h2-4,6-7,9,14,16,22,29H,5,8,10-13,15,18-19H2,1H3/t22-,29-/m1/s1. The lowest BCUT2D eigenvalue weighted by Gasteiger charge is -2.26. The van der Waals surface area contributed by atoms with Gasteiger partial charge in [0, 0.05) is 48.3 Å². The molecule has 0 bridgehead atoms. The zero-order valence-corrected chi connectivity index (χ0v) is 22.9. The van der Waals surface area contributed by atoms with Crippen LogP contribution < -0.4 is 14.2 Å². The van der Waals surface area contributed by atoms with Crippen LogP contribution in [0.3, 0.4) is 0 Å². The normalized spacial score (nSPS) is 19.5. The first kappa shape index (κ1) is 27.1. The predicted octanol–water partition coefficient (Wildman–Crippen LogP) is 5.43. The molecule has 6 rings (SSSR count). The molecule has 9 heteroatoms. The van der Waals surface area contributed by atoms with E-state index in [1.54, 1.807) is 12.1 Å². The highest BCUT2D eigenvalue weighted by Gasteiger charge is 2.32. The summed E-state index contributed by atoms with van der Waals surface area (Å²) in [4.78, 5) is 14.0. The largest absolute Gasteiger partial charge is 0.492 e. The van der Waals surface area contributed by atoms with Crippen LogP contribution in [-0.2, 0) is 27.2 Å². The van der Waals surface area contributed by atoms with E-state index < -0.39 is 6.10 Å². The molecular formula is C32H31FN2O6. The third-order valence-electron chi connectivity index (χ3n) is 7.92. The molecule has 0 radical (unpaired) electrons. The Morgan fingerprint density at radius 1 is 1.12 bits per heavy atom. The number of esters is 1. The van der Waals surface area contributed by atoms with Gasteiger partial charge in [0.15, 0.2) is 0 Å². The van der Waals surface area contributed by atoms with Crippen molar-refractivity contribution in [1.82, 2.24) is 4.90 Å². The number of halogens is 1. The second-order valence-electron chi connectivity index (χ2n) is 10.5. The number of nitrogens with zero attached hydrogens (tertiary/aromatic N) is 2. The van der Waals surface area contributed by atoms with Gasteiger partial charge >= 0.3 is 5.97 Å². The van der Waals surface area contributed by atoms with E-state index in [2.05, 4.69) is 11.0 Å². The summed E-state index contributed by atoms with van der Waals surface area (Å²) in [5.41, 5.74) is 3.61. The first-order chi connectivity index (χ1) is 20.0. The van der Waals surface area contributed by atoms with Crippen molar-refractivity contribution in [2.24, 2.45) is 0 Å². The van der Waals surface area contributed by atoms with Crippen LogP contribution >= 0.6 is 0 Å². The minimum absolute atomic E-state index is 0.0670. The summed E-state index contributed by atoms with van der Waals surface area (Å²) in [6.45, 7) is 4.28. The van der Waals surface area contributed by atoms with Crippen LogP contribution in [0.4, 0.5) is 4.39 Å². The Hall–Kier alpha value is -4.13. The molecule has 3 aliphatic rings. The molecule has 8 nitrogen and oxygen atoms in total. The summed E-state index contributed by atoms with van der Waals surface area (Å²) in [6.07, 6.45) is 0.911. The molecule has 212 valence electrons. The number of methoxy groups -OCH3 is 1. The molecule has 1 fully saturated rings. The number of benzene rings is 3. The third-order valence-corrected chi connectivity index (χ3v) is 7.92. The van der Waals surface area contributed by atoms with Crippen molar-refractivity contribution in [3.63, 3.8) is 0 Å². The zero-order chi connectivity index (χ0) is 28.3.